The lowest BCUT2D eigenvalue weighted by Crippen LogP contribution is -2.08. The maximum atomic E-state index is 11.8. The number of ketones is 1. The Morgan fingerprint density at radius 3 is 2.35 bits per heavy atom. The first-order valence-electron chi connectivity index (χ1n) is 6.93. The molecule has 1 N–H and O–H groups in total. The summed E-state index contributed by atoms with van der Waals surface area (Å²) in [5.74, 6) is 1.39. The molecule has 0 unspecified atom stereocenters. The number of benzene rings is 2. The van der Waals surface area contributed by atoms with Crippen molar-refractivity contribution in [2.75, 3.05) is 19.6 Å². The van der Waals surface area contributed by atoms with Crippen LogP contribution in [0.5, 0.6) is 11.5 Å². The number of ether oxygens (including phenoxy) is 2. The van der Waals surface area contributed by atoms with Gasteiger partial charge in [0.05, 0.1) is 19.9 Å². The monoisotopic (exact) mass is 330 g/mol. The maximum Gasteiger partial charge on any atom is 0.186 e. The van der Waals surface area contributed by atoms with Gasteiger partial charge in [-0.1, -0.05) is 17.8 Å². The highest BCUT2D eigenvalue weighted by atomic mass is 32.2. The summed E-state index contributed by atoms with van der Waals surface area (Å²) in [6.45, 7) is 1.49. The van der Waals surface area contributed by atoms with Gasteiger partial charge in [-0.25, -0.2) is 0 Å². The van der Waals surface area contributed by atoms with Crippen LogP contribution < -0.4 is 14.9 Å². The Morgan fingerprint density at radius 1 is 1.04 bits per heavy atom. The van der Waals surface area contributed by atoms with Gasteiger partial charge in [0.2, 0.25) is 0 Å². The summed E-state index contributed by atoms with van der Waals surface area (Å²) in [5.41, 5.74) is 3.66. The third-order valence-corrected chi connectivity index (χ3v) is 4.00. The number of hydrazone groups is 1. The molecule has 0 aromatic heterocycles. The molecule has 0 atom stereocenters. The lowest BCUT2D eigenvalue weighted by Gasteiger charge is -2.07. The number of rotatable bonds is 6. The molecule has 0 bridgehead atoms. The zero-order valence-corrected chi connectivity index (χ0v) is 14.0. The summed E-state index contributed by atoms with van der Waals surface area (Å²) in [5, 5.41) is 4.57. The van der Waals surface area contributed by atoms with Gasteiger partial charge in [-0.2, -0.15) is 5.10 Å². The van der Waals surface area contributed by atoms with Crippen LogP contribution >= 0.6 is 11.8 Å². The molecule has 0 fully saturated rings. The summed E-state index contributed by atoms with van der Waals surface area (Å²) in [7, 11) is 3.22. The number of methoxy groups -OCH3 is 2. The molecule has 0 aliphatic heterocycles. The molecule has 2 aromatic rings. The second-order valence-corrected chi connectivity index (χ2v) is 5.66. The number of hydrogen-bond acceptors (Lipinski definition) is 6. The average Bonchev–Trinajstić information content (AvgIpc) is 2.59. The summed E-state index contributed by atoms with van der Waals surface area (Å²) in [6.07, 6.45) is 0. The zero-order valence-electron chi connectivity index (χ0n) is 13.2. The van der Waals surface area contributed by atoms with Crippen LogP contribution in [0.25, 0.3) is 0 Å². The van der Waals surface area contributed by atoms with Crippen molar-refractivity contribution in [2.24, 2.45) is 5.10 Å². The molecular weight excluding hydrogens is 312 g/mol. The minimum Gasteiger partial charge on any atom is -0.497 e. The molecule has 0 saturated heterocycles. The highest BCUT2D eigenvalue weighted by Gasteiger charge is 2.09. The minimum atomic E-state index is -0.112. The van der Waals surface area contributed by atoms with E-state index < -0.39 is 0 Å². The molecule has 0 aliphatic rings. The quantitative estimate of drug-likeness (QED) is 0.378. The molecule has 5 nitrogen and oxygen atoms in total. The molecule has 0 spiro atoms. The van der Waals surface area contributed by atoms with Crippen molar-refractivity contribution < 1.29 is 14.3 Å². The first-order chi connectivity index (χ1) is 11.1. The Labute approximate surface area is 139 Å². The number of carbonyl (C=O) groups excluding carboxylic acids is 1. The zero-order chi connectivity index (χ0) is 16.7. The molecule has 0 amide bonds. The number of anilines is 1. The Morgan fingerprint density at radius 2 is 1.74 bits per heavy atom. The van der Waals surface area contributed by atoms with E-state index in [2.05, 4.69) is 10.5 Å². The fourth-order valence-electron chi connectivity index (χ4n) is 1.73. The maximum absolute atomic E-state index is 11.8. The standard InChI is InChI=1S/C17H18N2O3S/c1-12(20)17(23-16-6-4-5-15(11-16)22-3)19-18-13-7-9-14(21-2)10-8-13/h4-11,18H,1-3H3. The van der Waals surface area contributed by atoms with Crippen LogP contribution in [0.4, 0.5) is 5.69 Å². The SMILES string of the molecule is COc1ccc(NN=C(Sc2cccc(OC)c2)C(C)=O)cc1. The average molecular weight is 330 g/mol. The Bertz CT molecular complexity index is 699. The predicted octanol–water partition coefficient (Wildman–Crippen LogP) is 3.81. The topological polar surface area (TPSA) is 59.9 Å². The molecule has 2 rings (SSSR count). The lowest BCUT2D eigenvalue weighted by atomic mass is 10.3. The van der Waals surface area contributed by atoms with E-state index in [4.69, 9.17) is 9.47 Å². The third-order valence-electron chi connectivity index (χ3n) is 2.93. The smallest absolute Gasteiger partial charge is 0.186 e. The van der Waals surface area contributed by atoms with Crippen molar-refractivity contribution >= 4 is 28.3 Å². The van der Waals surface area contributed by atoms with Gasteiger partial charge in [0.25, 0.3) is 0 Å². The number of nitrogens with zero attached hydrogens (tertiary/aromatic N) is 1. The fraction of sp³-hybridized carbons (Fsp3) is 0.176. The number of carbonyl (C=O) groups is 1. The third kappa shape index (κ3) is 5.03. The normalized spacial score (nSPS) is 11.0. The highest BCUT2D eigenvalue weighted by molar-refractivity contribution is 8.15. The van der Waals surface area contributed by atoms with Crippen molar-refractivity contribution in [3.05, 3.63) is 48.5 Å². The largest absolute Gasteiger partial charge is 0.497 e. The van der Waals surface area contributed by atoms with E-state index in [1.54, 1.807) is 14.2 Å². The molecule has 6 heteroatoms. The van der Waals surface area contributed by atoms with E-state index in [-0.39, 0.29) is 5.78 Å². The second-order valence-electron chi connectivity index (χ2n) is 4.59. The van der Waals surface area contributed by atoms with E-state index in [0.717, 1.165) is 22.1 Å². The summed E-state index contributed by atoms with van der Waals surface area (Å²) < 4.78 is 10.3. The van der Waals surface area contributed by atoms with Crippen molar-refractivity contribution in [3.63, 3.8) is 0 Å². The molecule has 2 aromatic carbocycles. The molecule has 0 saturated carbocycles. The van der Waals surface area contributed by atoms with Gasteiger partial charge in [-0.15, -0.1) is 0 Å². The minimum absolute atomic E-state index is 0.112. The van der Waals surface area contributed by atoms with Crippen LogP contribution in [0.3, 0.4) is 0 Å². The summed E-state index contributed by atoms with van der Waals surface area (Å²) in [4.78, 5) is 12.7. The first-order valence-corrected chi connectivity index (χ1v) is 7.74. The van der Waals surface area contributed by atoms with Crippen LogP contribution in [0.1, 0.15) is 6.92 Å². The van der Waals surface area contributed by atoms with E-state index in [1.807, 2.05) is 48.5 Å². The molecular formula is C17H18N2O3S. The van der Waals surface area contributed by atoms with Gasteiger partial charge in [-0.05, 0) is 42.5 Å². The lowest BCUT2D eigenvalue weighted by molar-refractivity contribution is -0.110. The molecule has 120 valence electrons. The van der Waals surface area contributed by atoms with Crippen LogP contribution in [0, 0.1) is 0 Å². The van der Waals surface area contributed by atoms with Gasteiger partial charge in [-0.3, -0.25) is 10.2 Å². The van der Waals surface area contributed by atoms with E-state index in [1.165, 1.54) is 18.7 Å². The molecule has 23 heavy (non-hydrogen) atoms. The Balaban J connectivity index is 2.11. The van der Waals surface area contributed by atoms with Gasteiger partial charge in [0, 0.05) is 11.8 Å². The van der Waals surface area contributed by atoms with Gasteiger partial charge in [0.1, 0.15) is 11.5 Å². The van der Waals surface area contributed by atoms with E-state index >= 15 is 0 Å². The van der Waals surface area contributed by atoms with Gasteiger partial charge >= 0.3 is 0 Å². The van der Waals surface area contributed by atoms with Crippen LogP contribution in [-0.4, -0.2) is 25.0 Å². The van der Waals surface area contributed by atoms with Gasteiger partial charge in [0.15, 0.2) is 10.8 Å². The predicted molar refractivity (Wildman–Crippen MR) is 93.6 cm³/mol. The van der Waals surface area contributed by atoms with Crippen molar-refractivity contribution in [1.29, 1.82) is 0 Å². The number of Topliss-reactive ketones (excluding diaryl/α,β-unsaturated/α-hetero) is 1. The molecule has 0 aliphatic carbocycles. The van der Waals surface area contributed by atoms with Crippen molar-refractivity contribution in [1.82, 2.24) is 0 Å². The first kappa shape index (κ1) is 16.9. The molecule has 0 heterocycles. The van der Waals surface area contributed by atoms with Crippen LogP contribution in [-0.2, 0) is 4.79 Å². The summed E-state index contributed by atoms with van der Waals surface area (Å²) >= 11 is 1.29. The number of thioether (sulfide) groups is 1. The molecule has 0 radical (unpaired) electrons. The van der Waals surface area contributed by atoms with Crippen LogP contribution in [0.2, 0.25) is 0 Å². The summed E-state index contributed by atoms with van der Waals surface area (Å²) in [6, 6.07) is 14.8. The number of hydrogen-bond donors (Lipinski definition) is 1. The van der Waals surface area contributed by atoms with Crippen molar-refractivity contribution in [2.45, 2.75) is 11.8 Å². The van der Waals surface area contributed by atoms with E-state index in [0.29, 0.717) is 5.04 Å². The Hall–Kier alpha value is -2.47. The fourth-order valence-corrected chi connectivity index (χ4v) is 2.51. The van der Waals surface area contributed by atoms with E-state index in [9.17, 15) is 4.79 Å². The second kappa shape index (κ2) is 8.24. The van der Waals surface area contributed by atoms with Gasteiger partial charge < -0.3 is 9.47 Å². The van der Waals surface area contributed by atoms with Crippen LogP contribution in [0.15, 0.2) is 58.5 Å². The number of nitrogens with one attached hydrogen (secondary N) is 1. The Kier molecular flexibility index (Phi) is 6.05. The highest BCUT2D eigenvalue weighted by Crippen LogP contribution is 2.25. The van der Waals surface area contributed by atoms with Crippen molar-refractivity contribution in [3.8, 4) is 11.5 Å².